The third kappa shape index (κ3) is 3.15. The molecule has 1 aliphatic rings. The Labute approximate surface area is 99.8 Å². The van der Waals surface area contributed by atoms with Gasteiger partial charge in [-0.3, -0.25) is 0 Å². The van der Waals surface area contributed by atoms with E-state index in [2.05, 4.69) is 4.74 Å². The number of rotatable bonds is 2. The number of benzene rings is 1. The molecule has 0 spiro atoms. The van der Waals surface area contributed by atoms with E-state index in [1.807, 2.05) is 30.3 Å². The Morgan fingerprint density at radius 1 is 1.29 bits per heavy atom. The monoisotopic (exact) mass is 234 g/mol. The van der Waals surface area contributed by atoms with E-state index in [1.54, 1.807) is 0 Å². The highest BCUT2D eigenvalue weighted by Crippen LogP contribution is 2.24. The van der Waals surface area contributed by atoms with Gasteiger partial charge >= 0.3 is 5.97 Å². The standard InChI is InChI=1S/C13H14O4/c1-15-12(14)7-10-8-16-13(17-9-10)11-5-3-2-4-6-11/h2-7,13H,8-9H2,1H3. The average molecular weight is 234 g/mol. The van der Waals surface area contributed by atoms with Gasteiger partial charge in [-0.25, -0.2) is 4.79 Å². The van der Waals surface area contributed by atoms with Gasteiger partial charge in [0.25, 0.3) is 0 Å². The molecule has 0 N–H and O–H groups in total. The molecule has 0 atom stereocenters. The van der Waals surface area contributed by atoms with Crippen molar-refractivity contribution in [3.05, 3.63) is 47.5 Å². The summed E-state index contributed by atoms with van der Waals surface area (Å²) in [6.45, 7) is 0.767. The van der Waals surface area contributed by atoms with Gasteiger partial charge in [-0.1, -0.05) is 30.3 Å². The summed E-state index contributed by atoms with van der Waals surface area (Å²) < 4.78 is 15.6. The first-order valence-corrected chi connectivity index (χ1v) is 5.35. The van der Waals surface area contributed by atoms with Crippen LogP contribution >= 0.6 is 0 Å². The van der Waals surface area contributed by atoms with Crippen molar-refractivity contribution >= 4 is 5.97 Å². The summed E-state index contributed by atoms with van der Waals surface area (Å²) in [4.78, 5) is 11.0. The molecule has 0 aromatic heterocycles. The summed E-state index contributed by atoms with van der Waals surface area (Å²) in [7, 11) is 1.34. The lowest BCUT2D eigenvalue weighted by molar-refractivity contribution is -0.161. The molecule has 1 aromatic carbocycles. The van der Waals surface area contributed by atoms with Crippen LogP contribution in [0.3, 0.4) is 0 Å². The van der Waals surface area contributed by atoms with Crippen LogP contribution in [0.5, 0.6) is 0 Å². The molecule has 0 unspecified atom stereocenters. The van der Waals surface area contributed by atoms with Gasteiger partial charge in [0.15, 0.2) is 6.29 Å². The first-order valence-electron chi connectivity index (χ1n) is 5.35. The maximum absolute atomic E-state index is 11.0. The fourth-order valence-electron chi connectivity index (χ4n) is 1.57. The van der Waals surface area contributed by atoms with Gasteiger partial charge in [-0.05, 0) is 5.57 Å². The van der Waals surface area contributed by atoms with Gasteiger partial charge in [0.05, 0.1) is 20.3 Å². The lowest BCUT2D eigenvalue weighted by Gasteiger charge is -2.25. The fraction of sp³-hybridized carbons (Fsp3) is 0.308. The third-order valence-corrected chi connectivity index (χ3v) is 2.44. The van der Waals surface area contributed by atoms with Crippen LogP contribution in [0, 0.1) is 0 Å². The molecule has 4 nitrogen and oxygen atoms in total. The predicted molar refractivity (Wildman–Crippen MR) is 61.2 cm³/mol. The maximum Gasteiger partial charge on any atom is 0.330 e. The zero-order chi connectivity index (χ0) is 12.1. The molecule has 0 radical (unpaired) electrons. The molecule has 0 aliphatic carbocycles. The zero-order valence-corrected chi connectivity index (χ0v) is 9.59. The first-order chi connectivity index (χ1) is 8.29. The van der Waals surface area contributed by atoms with Crippen LogP contribution in [-0.2, 0) is 19.0 Å². The SMILES string of the molecule is COC(=O)C=C1COC(c2ccccc2)OC1. The molecule has 0 saturated carbocycles. The van der Waals surface area contributed by atoms with E-state index in [1.165, 1.54) is 13.2 Å². The topological polar surface area (TPSA) is 44.8 Å². The molecule has 2 rings (SSSR count). The Morgan fingerprint density at radius 3 is 2.53 bits per heavy atom. The molecular formula is C13H14O4. The van der Waals surface area contributed by atoms with Crippen LogP contribution in [-0.4, -0.2) is 26.3 Å². The second-order valence-corrected chi connectivity index (χ2v) is 3.69. The van der Waals surface area contributed by atoms with Gasteiger partial charge in [0, 0.05) is 11.6 Å². The summed E-state index contributed by atoms with van der Waals surface area (Å²) in [5.74, 6) is -0.384. The molecule has 17 heavy (non-hydrogen) atoms. The summed E-state index contributed by atoms with van der Waals surface area (Å²) >= 11 is 0. The number of methoxy groups -OCH3 is 1. The lowest BCUT2D eigenvalue weighted by Crippen LogP contribution is -2.21. The Balaban J connectivity index is 1.95. The van der Waals surface area contributed by atoms with E-state index in [0.717, 1.165) is 11.1 Å². The molecule has 1 saturated heterocycles. The summed E-state index contributed by atoms with van der Waals surface area (Å²) in [6, 6.07) is 9.69. The highest BCUT2D eigenvalue weighted by atomic mass is 16.7. The Kier molecular flexibility index (Phi) is 3.90. The molecule has 0 amide bonds. The Morgan fingerprint density at radius 2 is 1.94 bits per heavy atom. The van der Waals surface area contributed by atoms with Crippen LogP contribution in [0.4, 0.5) is 0 Å². The smallest absolute Gasteiger partial charge is 0.330 e. The summed E-state index contributed by atoms with van der Waals surface area (Å²) in [5, 5.41) is 0. The fourth-order valence-corrected chi connectivity index (χ4v) is 1.57. The largest absolute Gasteiger partial charge is 0.466 e. The highest BCUT2D eigenvalue weighted by molar-refractivity contribution is 5.82. The van der Waals surface area contributed by atoms with Crippen molar-refractivity contribution in [2.75, 3.05) is 20.3 Å². The summed E-state index contributed by atoms with van der Waals surface area (Å²) in [5.41, 5.74) is 1.76. The minimum Gasteiger partial charge on any atom is -0.466 e. The number of hydrogen-bond acceptors (Lipinski definition) is 4. The quantitative estimate of drug-likeness (QED) is 0.578. The van der Waals surface area contributed by atoms with E-state index in [9.17, 15) is 4.79 Å². The van der Waals surface area contributed by atoms with E-state index < -0.39 is 0 Å². The van der Waals surface area contributed by atoms with E-state index in [0.29, 0.717) is 13.2 Å². The number of ether oxygens (including phenoxy) is 3. The second kappa shape index (κ2) is 5.61. The van der Waals surface area contributed by atoms with Gasteiger partial charge in [0.1, 0.15) is 0 Å². The number of hydrogen-bond donors (Lipinski definition) is 0. The van der Waals surface area contributed by atoms with Crippen LogP contribution in [0.25, 0.3) is 0 Å². The van der Waals surface area contributed by atoms with Crippen LogP contribution in [0.15, 0.2) is 42.0 Å². The van der Waals surface area contributed by atoms with Gasteiger partial charge in [-0.15, -0.1) is 0 Å². The molecule has 1 aliphatic heterocycles. The van der Waals surface area contributed by atoms with Gasteiger partial charge < -0.3 is 14.2 Å². The van der Waals surface area contributed by atoms with Crippen LogP contribution in [0.1, 0.15) is 11.9 Å². The molecule has 1 aromatic rings. The molecule has 1 fully saturated rings. The molecule has 1 heterocycles. The van der Waals surface area contributed by atoms with Crippen molar-refractivity contribution in [2.24, 2.45) is 0 Å². The Bertz CT molecular complexity index is 401. The normalized spacial score (nSPS) is 19.8. The second-order valence-electron chi connectivity index (χ2n) is 3.69. The van der Waals surface area contributed by atoms with Gasteiger partial charge in [-0.2, -0.15) is 0 Å². The lowest BCUT2D eigenvalue weighted by atomic mass is 10.2. The van der Waals surface area contributed by atoms with Crippen molar-refractivity contribution in [1.29, 1.82) is 0 Å². The van der Waals surface area contributed by atoms with Crippen molar-refractivity contribution < 1.29 is 19.0 Å². The predicted octanol–water partition coefficient (Wildman–Crippen LogP) is 1.83. The zero-order valence-electron chi connectivity index (χ0n) is 9.59. The molecular weight excluding hydrogens is 220 g/mol. The van der Waals surface area contributed by atoms with E-state index >= 15 is 0 Å². The maximum atomic E-state index is 11.0. The van der Waals surface area contributed by atoms with Crippen LogP contribution in [0.2, 0.25) is 0 Å². The number of esters is 1. The minimum absolute atomic E-state index is 0.356. The minimum atomic E-state index is -0.384. The highest BCUT2D eigenvalue weighted by Gasteiger charge is 2.19. The van der Waals surface area contributed by atoms with Crippen molar-refractivity contribution in [3.8, 4) is 0 Å². The van der Waals surface area contributed by atoms with E-state index in [-0.39, 0.29) is 12.3 Å². The molecule has 4 heteroatoms. The van der Waals surface area contributed by atoms with E-state index in [4.69, 9.17) is 9.47 Å². The van der Waals surface area contributed by atoms with Crippen molar-refractivity contribution in [1.82, 2.24) is 0 Å². The number of carbonyl (C=O) groups is 1. The van der Waals surface area contributed by atoms with Crippen molar-refractivity contribution in [2.45, 2.75) is 6.29 Å². The van der Waals surface area contributed by atoms with Crippen molar-refractivity contribution in [3.63, 3.8) is 0 Å². The molecule has 0 bridgehead atoms. The van der Waals surface area contributed by atoms with Gasteiger partial charge in [0.2, 0.25) is 0 Å². The molecule has 90 valence electrons. The third-order valence-electron chi connectivity index (χ3n) is 2.44. The summed E-state index contributed by atoms with van der Waals surface area (Å²) in [6.07, 6.45) is 1.05. The average Bonchev–Trinajstić information content (AvgIpc) is 2.40. The van der Waals surface area contributed by atoms with Crippen LogP contribution < -0.4 is 0 Å². The number of carbonyl (C=O) groups excluding carboxylic acids is 1. The Hall–Kier alpha value is -1.65. The first kappa shape index (κ1) is 11.8.